The van der Waals surface area contributed by atoms with E-state index in [1.165, 1.54) is 0 Å². The number of nitrogens with zero attached hydrogens (tertiary/aromatic N) is 7. The lowest BCUT2D eigenvalue weighted by Crippen LogP contribution is -2.50. The van der Waals surface area contributed by atoms with Crippen molar-refractivity contribution in [1.82, 2.24) is 34.6 Å². The predicted molar refractivity (Wildman–Crippen MR) is 104 cm³/mol. The molecule has 3 N–H and O–H groups in total. The van der Waals surface area contributed by atoms with Gasteiger partial charge in [0.25, 0.3) is 0 Å². The first-order chi connectivity index (χ1) is 14.1. The summed E-state index contributed by atoms with van der Waals surface area (Å²) in [5, 5.41) is 25.1. The standard InChI is InChI=1S/C19H19N9O/c1-29-13-7-19(8-13,3-4-20)28-10-12(9-23-28)18-16-2-5-22-27(16)11-15(24-18)14-6-17(21)26-25-14/h2,5-6,9-11,13H,3,7-8H2,1H3,(H3,21,25,26)/t13-,19+. The molecule has 0 aromatic carbocycles. The van der Waals surface area contributed by atoms with Gasteiger partial charge in [0.1, 0.15) is 11.5 Å². The molecule has 0 atom stereocenters. The van der Waals surface area contributed by atoms with E-state index in [4.69, 9.17) is 15.5 Å². The minimum absolute atomic E-state index is 0.157. The number of fused-ring (bicyclic) bond motifs is 1. The molecule has 10 nitrogen and oxygen atoms in total. The van der Waals surface area contributed by atoms with Gasteiger partial charge in [0.2, 0.25) is 0 Å². The molecule has 4 heterocycles. The Hall–Kier alpha value is -3.71. The Labute approximate surface area is 165 Å². The van der Waals surface area contributed by atoms with Crippen LogP contribution in [0.5, 0.6) is 0 Å². The van der Waals surface area contributed by atoms with Gasteiger partial charge in [-0.05, 0) is 18.9 Å². The Morgan fingerprint density at radius 1 is 1.38 bits per heavy atom. The molecule has 146 valence electrons. The molecule has 0 bridgehead atoms. The van der Waals surface area contributed by atoms with E-state index < -0.39 is 0 Å². The molecular weight excluding hydrogens is 370 g/mol. The smallest absolute Gasteiger partial charge is 0.145 e. The van der Waals surface area contributed by atoms with Crippen LogP contribution in [0, 0.1) is 11.3 Å². The number of hydrogen-bond acceptors (Lipinski definition) is 7. The summed E-state index contributed by atoms with van der Waals surface area (Å²) in [6.45, 7) is 0. The van der Waals surface area contributed by atoms with Gasteiger partial charge in [-0.15, -0.1) is 0 Å². The van der Waals surface area contributed by atoms with Gasteiger partial charge < -0.3 is 10.5 Å². The SMILES string of the molecule is CO[C@H]1C[C@@](CC#N)(n2cc(-c3nc(-c4cc(N)n[nH]4)cn4nccc34)cn2)C1. The van der Waals surface area contributed by atoms with Crippen molar-refractivity contribution in [3.05, 3.63) is 36.9 Å². The largest absolute Gasteiger partial charge is 0.382 e. The van der Waals surface area contributed by atoms with E-state index in [2.05, 4.69) is 26.5 Å². The van der Waals surface area contributed by atoms with Crippen LogP contribution < -0.4 is 5.73 Å². The lowest BCUT2D eigenvalue weighted by molar-refractivity contribution is -0.0542. The zero-order valence-electron chi connectivity index (χ0n) is 15.8. The lowest BCUT2D eigenvalue weighted by atomic mass is 9.72. The van der Waals surface area contributed by atoms with Gasteiger partial charge in [0.15, 0.2) is 0 Å². The first-order valence-corrected chi connectivity index (χ1v) is 9.23. The molecule has 1 aliphatic carbocycles. The molecule has 0 amide bonds. The molecule has 5 rings (SSSR count). The molecule has 0 radical (unpaired) electrons. The fourth-order valence-corrected chi connectivity index (χ4v) is 3.96. The minimum atomic E-state index is -0.334. The maximum Gasteiger partial charge on any atom is 0.145 e. The molecule has 1 fully saturated rings. The van der Waals surface area contributed by atoms with Gasteiger partial charge >= 0.3 is 0 Å². The number of anilines is 1. The highest BCUT2D eigenvalue weighted by molar-refractivity contribution is 5.78. The lowest BCUT2D eigenvalue weighted by Gasteiger charge is -2.45. The van der Waals surface area contributed by atoms with Crippen LogP contribution in [-0.2, 0) is 10.3 Å². The average Bonchev–Trinajstić information content (AvgIpc) is 3.43. The number of nitriles is 1. The Bertz CT molecular complexity index is 1220. The van der Waals surface area contributed by atoms with Crippen LogP contribution >= 0.6 is 0 Å². The zero-order valence-corrected chi connectivity index (χ0v) is 15.8. The minimum Gasteiger partial charge on any atom is -0.382 e. The van der Waals surface area contributed by atoms with Crippen molar-refractivity contribution in [3.8, 4) is 28.7 Å². The molecule has 0 unspecified atom stereocenters. The molecule has 10 heteroatoms. The van der Waals surface area contributed by atoms with Crippen LogP contribution in [0.2, 0.25) is 0 Å². The van der Waals surface area contributed by atoms with E-state index >= 15 is 0 Å². The highest BCUT2D eigenvalue weighted by Crippen LogP contribution is 2.43. The van der Waals surface area contributed by atoms with Crippen molar-refractivity contribution in [3.63, 3.8) is 0 Å². The summed E-state index contributed by atoms with van der Waals surface area (Å²) in [6, 6.07) is 5.92. The Kier molecular flexibility index (Phi) is 3.85. The Morgan fingerprint density at radius 3 is 2.97 bits per heavy atom. The maximum absolute atomic E-state index is 9.31. The third-order valence-corrected chi connectivity index (χ3v) is 5.56. The Morgan fingerprint density at radius 2 is 2.24 bits per heavy atom. The van der Waals surface area contributed by atoms with Crippen LogP contribution in [0.3, 0.4) is 0 Å². The van der Waals surface area contributed by atoms with Crippen LogP contribution in [-0.4, -0.2) is 47.8 Å². The second-order valence-electron chi connectivity index (χ2n) is 7.34. The fraction of sp³-hybridized carbons (Fsp3) is 0.316. The van der Waals surface area contributed by atoms with E-state index in [0.717, 1.165) is 29.6 Å². The zero-order chi connectivity index (χ0) is 20.0. The van der Waals surface area contributed by atoms with Crippen molar-refractivity contribution in [2.24, 2.45) is 0 Å². The van der Waals surface area contributed by atoms with Crippen LogP contribution in [0.25, 0.3) is 28.2 Å². The van der Waals surface area contributed by atoms with Crippen molar-refractivity contribution >= 4 is 11.3 Å². The number of nitrogens with two attached hydrogens (primary N) is 1. The van der Waals surface area contributed by atoms with E-state index in [-0.39, 0.29) is 11.6 Å². The summed E-state index contributed by atoms with van der Waals surface area (Å²) in [6.07, 6.45) is 9.35. The van der Waals surface area contributed by atoms with Gasteiger partial charge in [-0.1, -0.05) is 0 Å². The van der Waals surface area contributed by atoms with Gasteiger partial charge in [-0.25, -0.2) is 9.50 Å². The normalized spacial score (nSPS) is 21.2. The summed E-state index contributed by atoms with van der Waals surface area (Å²) in [4.78, 5) is 4.81. The summed E-state index contributed by atoms with van der Waals surface area (Å²) < 4.78 is 9.07. The molecule has 1 aliphatic rings. The number of aromatic amines is 1. The van der Waals surface area contributed by atoms with Gasteiger partial charge in [0, 0.05) is 24.9 Å². The molecule has 0 aliphatic heterocycles. The number of ether oxygens (including phenoxy) is 1. The van der Waals surface area contributed by atoms with E-state index in [0.29, 0.717) is 23.6 Å². The summed E-state index contributed by atoms with van der Waals surface area (Å²) >= 11 is 0. The van der Waals surface area contributed by atoms with Crippen LogP contribution in [0.1, 0.15) is 19.3 Å². The summed E-state index contributed by atoms with van der Waals surface area (Å²) in [5.41, 5.74) is 9.23. The molecule has 4 aromatic heterocycles. The second kappa shape index (κ2) is 6.42. The van der Waals surface area contributed by atoms with E-state index in [1.54, 1.807) is 30.1 Å². The molecule has 1 saturated carbocycles. The molecule has 0 spiro atoms. The van der Waals surface area contributed by atoms with Gasteiger partial charge in [-0.2, -0.15) is 20.6 Å². The Balaban J connectivity index is 1.58. The number of nitrogen functional groups attached to an aromatic ring is 1. The van der Waals surface area contributed by atoms with Crippen molar-refractivity contribution in [2.75, 3.05) is 12.8 Å². The summed E-state index contributed by atoms with van der Waals surface area (Å²) in [7, 11) is 1.70. The number of rotatable bonds is 5. The third kappa shape index (κ3) is 2.75. The first-order valence-electron chi connectivity index (χ1n) is 9.23. The van der Waals surface area contributed by atoms with E-state index in [9.17, 15) is 5.26 Å². The molecular formula is C19H19N9O. The molecule has 0 saturated heterocycles. The second-order valence-corrected chi connectivity index (χ2v) is 7.34. The van der Waals surface area contributed by atoms with Crippen LogP contribution in [0.4, 0.5) is 5.82 Å². The predicted octanol–water partition coefficient (Wildman–Crippen LogP) is 1.98. The number of H-pyrrole nitrogens is 1. The highest BCUT2D eigenvalue weighted by Gasteiger charge is 2.47. The van der Waals surface area contributed by atoms with Gasteiger partial charge in [-0.3, -0.25) is 9.78 Å². The molecule has 4 aromatic rings. The number of hydrogen-bond donors (Lipinski definition) is 2. The van der Waals surface area contributed by atoms with Gasteiger partial charge in [0.05, 0.1) is 59.6 Å². The average molecular weight is 389 g/mol. The van der Waals surface area contributed by atoms with Crippen molar-refractivity contribution < 1.29 is 4.74 Å². The van der Waals surface area contributed by atoms with Crippen molar-refractivity contribution in [2.45, 2.75) is 30.9 Å². The third-order valence-electron chi connectivity index (χ3n) is 5.56. The topological polar surface area (TPSA) is 136 Å². The fourth-order valence-electron chi connectivity index (χ4n) is 3.96. The van der Waals surface area contributed by atoms with E-state index in [1.807, 2.05) is 23.1 Å². The number of aromatic nitrogens is 7. The van der Waals surface area contributed by atoms with Crippen molar-refractivity contribution in [1.29, 1.82) is 5.26 Å². The number of nitrogens with one attached hydrogen (secondary N) is 1. The molecule has 29 heavy (non-hydrogen) atoms. The number of methoxy groups -OCH3 is 1. The maximum atomic E-state index is 9.31. The summed E-state index contributed by atoms with van der Waals surface area (Å²) in [5.74, 6) is 0.396. The van der Waals surface area contributed by atoms with Crippen LogP contribution in [0.15, 0.2) is 36.9 Å². The first kappa shape index (κ1) is 17.4. The quantitative estimate of drug-likeness (QED) is 0.532. The highest BCUT2D eigenvalue weighted by atomic mass is 16.5. The monoisotopic (exact) mass is 389 g/mol.